The first kappa shape index (κ1) is 19.7. The van der Waals surface area contributed by atoms with Crippen LogP contribution in [-0.4, -0.2) is 26.8 Å². The highest BCUT2D eigenvalue weighted by molar-refractivity contribution is 7.92. The van der Waals surface area contributed by atoms with E-state index in [-0.39, 0.29) is 22.5 Å². The van der Waals surface area contributed by atoms with E-state index in [1.165, 1.54) is 37.5 Å². The lowest BCUT2D eigenvalue weighted by Crippen LogP contribution is -2.28. The van der Waals surface area contributed by atoms with Crippen molar-refractivity contribution in [1.82, 2.24) is 0 Å². The largest absolute Gasteiger partial charge is 0.459 e. The van der Waals surface area contributed by atoms with Gasteiger partial charge in [0, 0.05) is 24.8 Å². The van der Waals surface area contributed by atoms with Gasteiger partial charge in [-0.1, -0.05) is 6.07 Å². The van der Waals surface area contributed by atoms with Crippen molar-refractivity contribution >= 4 is 38.9 Å². The number of nitrogens with zero attached hydrogens (tertiary/aromatic N) is 1. The van der Waals surface area contributed by atoms with Crippen LogP contribution in [-0.2, 0) is 21.2 Å². The summed E-state index contributed by atoms with van der Waals surface area (Å²) in [6, 6.07) is 14.2. The monoisotopic (exact) mass is 425 g/mol. The van der Waals surface area contributed by atoms with Gasteiger partial charge < -0.3 is 14.6 Å². The maximum atomic E-state index is 12.7. The lowest BCUT2D eigenvalue weighted by molar-refractivity contribution is -0.114. The minimum atomic E-state index is -3.84. The van der Waals surface area contributed by atoms with Crippen molar-refractivity contribution in [2.75, 3.05) is 21.5 Å². The highest BCUT2D eigenvalue weighted by atomic mass is 32.2. The Morgan fingerprint density at radius 2 is 1.77 bits per heavy atom. The molecule has 2 aromatic carbocycles. The summed E-state index contributed by atoms with van der Waals surface area (Å²) in [7, 11) is -3.84. The number of hydrogen-bond acceptors (Lipinski definition) is 5. The summed E-state index contributed by atoms with van der Waals surface area (Å²) in [4.78, 5) is 25.4. The van der Waals surface area contributed by atoms with E-state index in [1.54, 1.807) is 29.2 Å². The number of amides is 2. The second kappa shape index (κ2) is 7.68. The average molecular weight is 425 g/mol. The molecule has 0 spiro atoms. The lowest BCUT2D eigenvalue weighted by atomic mass is 10.1. The summed E-state index contributed by atoms with van der Waals surface area (Å²) in [6.07, 6.45) is 2.12. The summed E-state index contributed by atoms with van der Waals surface area (Å²) in [6.45, 7) is 1.87. The predicted octanol–water partition coefficient (Wildman–Crippen LogP) is 3.24. The summed E-state index contributed by atoms with van der Waals surface area (Å²) < 4.78 is 33.2. The van der Waals surface area contributed by atoms with Crippen LogP contribution in [0, 0.1) is 0 Å². The molecular formula is C21H19N3O5S. The molecule has 0 saturated heterocycles. The minimum Gasteiger partial charge on any atom is -0.459 e. The summed E-state index contributed by atoms with van der Waals surface area (Å²) in [5.41, 5.74) is 2.46. The second-order valence-corrected chi connectivity index (χ2v) is 8.52. The molecule has 0 bridgehead atoms. The van der Waals surface area contributed by atoms with Crippen molar-refractivity contribution < 1.29 is 22.4 Å². The third kappa shape index (κ3) is 3.92. The highest BCUT2D eigenvalue weighted by Gasteiger charge is 2.28. The fourth-order valence-corrected chi connectivity index (χ4v) is 4.37. The van der Waals surface area contributed by atoms with Crippen molar-refractivity contribution in [2.24, 2.45) is 0 Å². The number of carbonyl (C=O) groups is 2. The van der Waals surface area contributed by atoms with E-state index in [9.17, 15) is 18.0 Å². The lowest BCUT2D eigenvalue weighted by Gasteiger charge is -2.17. The van der Waals surface area contributed by atoms with Crippen molar-refractivity contribution in [2.45, 2.75) is 18.2 Å². The van der Waals surface area contributed by atoms with Gasteiger partial charge in [0.15, 0.2) is 5.76 Å². The second-order valence-electron chi connectivity index (χ2n) is 6.84. The fourth-order valence-electron chi connectivity index (χ4n) is 3.32. The van der Waals surface area contributed by atoms with Gasteiger partial charge >= 0.3 is 0 Å². The normalized spacial score (nSPS) is 13.0. The molecule has 1 aliphatic heterocycles. The molecule has 30 heavy (non-hydrogen) atoms. The van der Waals surface area contributed by atoms with Crippen LogP contribution in [0.2, 0.25) is 0 Å². The standard InChI is InChI=1S/C21H19N3O5S/c1-14(25)22-16-6-8-18(9-7-16)30(27,28)23-17-5-4-15-10-11-24(19(15)13-17)21(26)20-3-2-12-29-20/h2-9,12-13,23H,10-11H2,1H3,(H,22,25). The number of furan rings is 1. The van der Waals surface area contributed by atoms with Gasteiger partial charge in [-0.05, 0) is 60.5 Å². The van der Waals surface area contributed by atoms with Crippen LogP contribution in [0.25, 0.3) is 0 Å². The molecule has 0 atom stereocenters. The molecule has 2 amide bonds. The van der Waals surface area contributed by atoms with Crippen LogP contribution in [0.15, 0.2) is 70.2 Å². The molecule has 2 N–H and O–H groups in total. The Morgan fingerprint density at radius 1 is 1.03 bits per heavy atom. The molecule has 9 heteroatoms. The van der Waals surface area contributed by atoms with Crippen LogP contribution in [0.1, 0.15) is 23.0 Å². The first-order chi connectivity index (χ1) is 14.3. The Bertz CT molecular complexity index is 1200. The van der Waals surface area contributed by atoms with Crippen molar-refractivity contribution in [3.8, 4) is 0 Å². The zero-order valence-electron chi connectivity index (χ0n) is 16.1. The van der Waals surface area contributed by atoms with Gasteiger partial charge in [-0.2, -0.15) is 0 Å². The highest BCUT2D eigenvalue weighted by Crippen LogP contribution is 2.33. The number of carbonyl (C=O) groups excluding carboxylic acids is 2. The Morgan fingerprint density at radius 3 is 2.43 bits per heavy atom. The van der Waals surface area contributed by atoms with Gasteiger partial charge in [0.25, 0.3) is 15.9 Å². The molecule has 4 rings (SSSR count). The SMILES string of the molecule is CC(=O)Nc1ccc(S(=O)(=O)Nc2ccc3c(c2)N(C(=O)c2ccco2)CC3)cc1. The first-order valence-electron chi connectivity index (χ1n) is 9.22. The van der Waals surface area contributed by atoms with E-state index in [0.29, 0.717) is 30.0 Å². The zero-order chi connectivity index (χ0) is 21.3. The van der Waals surface area contributed by atoms with E-state index in [2.05, 4.69) is 10.0 Å². The van der Waals surface area contributed by atoms with Gasteiger partial charge in [-0.15, -0.1) is 0 Å². The molecule has 0 unspecified atom stereocenters. The summed E-state index contributed by atoms with van der Waals surface area (Å²) in [5.74, 6) is -0.282. The number of hydrogen-bond donors (Lipinski definition) is 2. The molecule has 0 saturated carbocycles. The molecule has 8 nitrogen and oxygen atoms in total. The van der Waals surface area contributed by atoms with Crippen molar-refractivity contribution in [1.29, 1.82) is 0 Å². The van der Waals surface area contributed by atoms with Gasteiger partial charge in [0.2, 0.25) is 5.91 Å². The van der Waals surface area contributed by atoms with Crippen LogP contribution in [0.4, 0.5) is 17.1 Å². The maximum absolute atomic E-state index is 12.7. The molecule has 0 fully saturated rings. The number of benzene rings is 2. The quantitative estimate of drug-likeness (QED) is 0.652. The summed E-state index contributed by atoms with van der Waals surface area (Å²) >= 11 is 0. The van der Waals surface area contributed by atoms with Crippen molar-refractivity contribution in [3.63, 3.8) is 0 Å². The molecule has 1 aromatic heterocycles. The Balaban J connectivity index is 1.56. The number of rotatable bonds is 5. The molecule has 154 valence electrons. The third-order valence-corrected chi connectivity index (χ3v) is 6.09. The van der Waals surface area contributed by atoms with E-state index in [4.69, 9.17) is 4.42 Å². The topological polar surface area (TPSA) is 109 Å². The van der Waals surface area contributed by atoms with E-state index in [0.717, 1.165) is 5.56 Å². The van der Waals surface area contributed by atoms with Crippen molar-refractivity contribution in [3.05, 3.63) is 72.2 Å². The molecule has 0 aliphatic carbocycles. The van der Waals surface area contributed by atoms with Crippen LogP contribution in [0.5, 0.6) is 0 Å². The van der Waals surface area contributed by atoms with E-state index in [1.807, 2.05) is 6.07 Å². The number of sulfonamides is 1. The first-order valence-corrected chi connectivity index (χ1v) is 10.7. The predicted molar refractivity (Wildman–Crippen MR) is 112 cm³/mol. The fraction of sp³-hybridized carbons (Fsp3) is 0.143. The number of anilines is 3. The van der Waals surface area contributed by atoms with Crippen LogP contribution >= 0.6 is 0 Å². The van der Waals surface area contributed by atoms with Crippen LogP contribution in [0.3, 0.4) is 0 Å². The van der Waals surface area contributed by atoms with Gasteiger partial charge in [0.05, 0.1) is 16.8 Å². The minimum absolute atomic E-state index is 0.0561. The maximum Gasteiger partial charge on any atom is 0.293 e. The van der Waals surface area contributed by atoms with Gasteiger partial charge in [0.1, 0.15) is 0 Å². The van der Waals surface area contributed by atoms with E-state index >= 15 is 0 Å². The number of nitrogens with one attached hydrogen (secondary N) is 2. The molecule has 2 heterocycles. The van der Waals surface area contributed by atoms with Gasteiger partial charge in [-0.25, -0.2) is 8.42 Å². The van der Waals surface area contributed by atoms with Gasteiger partial charge in [-0.3, -0.25) is 14.3 Å². The Kier molecular flexibility index (Phi) is 5.04. The molecule has 3 aromatic rings. The summed E-state index contributed by atoms with van der Waals surface area (Å²) in [5, 5.41) is 2.59. The van der Waals surface area contributed by atoms with E-state index < -0.39 is 10.0 Å². The average Bonchev–Trinajstić information content (AvgIpc) is 3.37. The molecule has 0 radical (unpaired) electrons. The Hall–Kier alpha value is -3.59. The van der Waals surface area contributed by atoms with Crippen LogP contribution < -0.4 is 14.9 Å². The third-order valence-electron chi connectivity index (χ3n) is 4.70. The number of fused-ring (bicyclic) bond motifs is 1. The molecule has 1 aliphatic rings. The molecular weight excluding hydrogens is 406 g/mol. The smallest absolute Gasteiger partial charge is 0.293 e. The Labute approximate surface area is 173 Å². The zero-order valence-corrected chi connectivity index (χ0v) is 16.9.